The zero-order valence-electron chi connectivity index (χ0n) is 10.5. The molecule has 0 fully saturated rings. The number of carbonyl (C=O) groups excluding carboxylic acids is 2. The maximum atomic E-state index is 10.8. The van der Waals surface area contributed by atoms with E-state index < -0.39 is 30.0 Å². The van der Waals surface area contributed by atoms with Gasteiger partial charge in [-0.25, -0.2) is 14.4 Å². The summed E-state index contributed by atoms with van der Waals surface area (Å²) < 4.78 is 9.02. The van der Waals surface area contributed by atoms with Crippen LogP contribution in [0.4, 0.5) is 0 Å². The van der Waals surface area contributed by atoms with Crippen LogP contribution < -0.4 is 0 Å². The molecule has 0 saturated carbocycles. The smallest absolute Gasteiger partial charge is 0.414 e. The van der Waals surface area contributed by atoms with Crippen LogP contribution in [0.5, 0.6) is 0 Å². The molecule has 0 aliphatic heterocycles. The standard InChI is InChI=1S/C8H14O5.C2H2O4/c1-3-12-7(10)5-6(9)8(11)13-4-2;3-1(4)2(5)6/h6,9H,3-5H2,1-2H3;(H,3,4)(H,5,6). The Morgan fingerprint density at radius 2 is 1.37 bits per heavy atom. The summed E-state index contributed by atoms with van der Waals surface area (Å²) in [7, 11) is 0. The molecule has 9 heteroatoms. The van der Waals surface area contributed by atoms with Gasteiger partial charge in [-0.3, -0.25) is 4.79 Å². The van der Waals surface area contributed by atoms with Gasteiger partial charge in [-0.1, -0.05) is 0 Å². The highest BCUT2D eigenvalue weighted by Gasteiger charge is 2.20. The van der Waals surface area contributed by atoms with Crippen LogP contribution in [-0.2, 0) is 28.7 Å². The van der Waals surface area contributed by atoms with Crippen molar-refractivity contribution in [3.63, 3.8) is 0 Å². The van der Waals surface area contributed by atoms with Crippen LogP contribution in [-0.4, -0.2) is 58.5 Å². The lowest BCUT2D eigenvalue weighted by atomic mass is 10.2. The Kier molecular flexibility index (Phi) is 11.1. The summed E-state index contributed by atoms with van der Waals surface area (Å²) in [5, 5.41) is 23.9. The first-order chi connectivity index (χ1) is 8.76. The van der Waals surface area contributed by atoms with E-state index in [4.69, 9.17) is 24.9 Å². The largest absolute Gasteiger partial charge is 0.473 e. The quantitative estimate of drug-likeness (QED) is 0.426. The molecular weight excluding hydrogens is 264 g/mol. The Balaban J connectivity index is 0. The lowest BCUT2D eigenvalue weighted by Gasteiger charge is -2.08. The van der Waals surface area contributed by atoms with Gasteiger partial charge in [0.15, 0.2) is 6.10 Å². The molecule has 0 spiro atoms. The van der Waals surface area contributed by atoms with Crippen molar-refractivity contribution in [3.05, 3.63) is 0 Å². The zero-order chi connectivity index (χ0) is 15.4. The molecule has 0 aliphatic carbocycles. The minimum Gasteiger partial charge on any atom is -0.473 e. The van der Waals surface area contributed by atoms with Gasteiger partial charge in [0.05, 0.1) is 19.6 Å². The first-order valence-electron chi connectivity index (χ1n) is 5.22. The van der Waals surface area contributed by atoms with Gasteiger partial charge < -0.3 is 24.8 Å². The molecule has 0 saturated heterocycles. The molecule has 1 unspecified atom stereocenters. The van der Waals surface area contributed by atoms with E-state index >= 15 is 0 Å². The van der Waals surface area contributed by atoms with Gasteiger partial charge >= 0.3 is 23.9 Å². The summed E-state index contributed by atoms with van der Waals surface area (Å²) in [6, 6.07) is 0. The van der Waals surface area contributed by atoms with Crippen molar-refractivity contribution in [3.8, 4) is 0 Å². The van der Waals surface area contributed by atoms with E-state index in [1.807, 2.05) is 0 Å². The van der Waals surface area contributed by atoms with Crippen LogP contribution in [0.15, 0.2) is 0 Å². The molecule has 19 heavy (non-hydrogen) atoms. The predicted molar refractivity (Wildman–Crippen MR) is 59.2 cm³/mol. The highest BCUT2D eigenvalue weighted by atomic mass is 16.6. The number of aliphatic carboxylic acids is 2. The lowest BCUT2D eigenvalue weighted by molar-refractivity contribution is -0.159. The Labute approximate surface area is 108 Å². The normalized spacial score (nSPS) is 10.5. The fourth-order valence-corrected chi connectivity index (χ4v) is 0.700. The molecule has 0 bridgehead atoms. The number of aliphatic hydroxyl groups is 1. The van der Waals surface area contributed by atoms with Crippen molar-refractivity contribution >= 4 is 23.9 Å². The number of carboxylic acids is 2. The van der Waals surface area contributed by atoms with E-state index in [0.717, 1.165) is 0 Å². The lowest BCUT2D eigenvalue weighted by Crippen LogP contribution is -2.26. The molecule has 0 aromatic heterocycles. The molecule has 0 amide bonds. The van der Waals surface area contributed by atoms with Crippen LogP contribution in [0.3, 0.4) is 0 Å². The maximum absolute atomic E-state index is 10.8. The van der Waals surface area contributed by atoms with Gasteiger partial charge in [0.1, 0.15) is 0 Å². The Hall–Kier alpha value is -2.16. The monoisotopic (exact) mass is 280 g/mol. The van der Waals surface area contributed by atoms with Gasteiger partial charge in [0.2, 0.25) is 0 Å². The summed E-state index contributed by atoms with van der Waals surface area (Å²) in [5.74, 6) is -5.05. The van der Waals surface area contributed by atoms with Crippen molar-refractivity contribution in [1.29, 1.82) is 0 Å². The highest BCUT2D eigenvalue weighted by molar-refractivity contribution is 6.27. The zero-order valence-corrected chi connectivity index (χ0v) is 10.5. The number of hydrogen-bond acceptors (Lipinski definition) is 7. The summed E-state index contributed by atoms with van der Waals surface area (Å²) >= 11 is 0. The van der Waals surface area contributed by atoms with E-state index in [-0.39, 0.29) is 19.6 Å². The van der Waals surface area contributed by atoms with E-state index in [1.165, 1.54) is 0 Å². The Morgan fingerprint density at radius 3 is 1.68 bits per heavy atom. The Morgan fingerprint density at radius 1 is 0.947 bits per heavy atom. The van der Waals surface area contributed by atoms with Crippen LogP contribution in [0.25, 0.3) is 0 Å². The molecule has 0 aromatic rings. The van der Waals surface area contributed by atoms with Gasteiger partial charge in [0.25, 0.3) is 0 Å². The topological polar surface area (TPSA) is 147 Å². The third-order valence-electron chi connectivity index (χ3n) is 1.41. The molecule has 0 rings (SSSR count). The van der Waals surface area contributed by atoms with Crippen molar-refractivity contribution < 1.29 is 44.0 Å². The van der Waals surface area contributed by atoms with E-state index in [0.29, 0.717) is 0 Å². The fraction of sp³-hybridized carbons (Fsp3) is 0.600. The van der Waals surface area contributed by atoms with Crippen molar-refractivity contribution in [2.75, 3.05) is 13.2 Å². The molecule has 3 N–H and O–H groups in total. The predicted octanol–water partition coefficient (Wildman–Crippen LogP) is -0.981. The van der Waals surface area contributed by atoms with E-state index in [9.17, 15) is 9.59 Å². The Bertz CT molecular complexity index is 311. The van der Waals surface area contributed by atoms with Gasteiger partial charge in [-0.15, -0.1) is 0 Å². The van der Waals surface area contributed by atoms with Gasteiger partial charge in [-0.05, 0) is 13.8 Å². The molecule has 1 atom stereocenters. The molecule has 0 radical (unpaired) electrons. The van der Waals surface area contributed by atoms with Gasteiger partial charge in [-0.2, -0.15) is 0 Å². The molecule has 0 aliphatic rings. The maximum Gasteiger partial charge on any atom is 0.414 e. The molecule has 110 valence electrons. The average molecular weight is 280 g/mol. The number of hydrogen-bond donors (Lipinski definition) is 3. The summed E-state index contributed by atoms with van der Waals surface area (Å²) in [4.78, 5) is 39.8. The number of rotatable bonds is 5. The second-order valence-electron chi connectivity index (χ2n) is 2.89. The minimum absolute atomic E-state index is 0.179. The number of ether oxygens (including phenoxy) is 2. The SMILES string of the molecule is CCOC(=O)CC(O)C(=O)OCC.O=C(O)C(=O)O. The summed E-state index contributed by atoms with van der Waals surface area (Å²) in [6.07, 6.45) is -1.77. The molecule has 9 nitrogen and oxygen atoms in total. The second kappa shape index (κ2) is 11.0. The van der Waals surface area contributed by atoms with E-state index in [2.05, 4.69) is 9.47 Å². The molecule has 0 aromatic carbocycles. The van der Waals surface area contributed by atoms with Crippen LogP contribution >= 0.6 is 0 Å². The average Bonchev–Trinajstić information content (AvgIpc) is 2.30. The third-order valence-corrected chi connectivity index (χ3v) is 1.41. The van der Waals surface area contributed by atoms with Crippen molar-refractivity contribution in [2.45, 2.75) is 26.4 Å². The summed E-state index contributed by atoms with van der Waals surface area (Å²) in [5.41, 5.74) is 0. The number of aliphatic hydroxyl groups excluding tert-OH is 1. The molecular formula is C10H16O9. The number of carboxylic acid groups (broad SMARTS) is 2. The second-order valence-corrected chi connectivity index (χ2v) is 2.89. The van der Waals surface area contributed by atoms with Crippen molar-refractivity contribution in [1.82, 2.24) is 0 Å². The van der Waals surface area contributed by atoms with Crippen LogP contribution in [0, 0.1) is 0 Å². The first kappa shape index (κ1) is 19.2. The number of esters is 2. The minimum atomic E-state index is -1.82. The van der Waals surface area contributed by atoms with Crippen LogP contribution in [0.2, 0.25) is 0 Å². The molecule has 0 heterocycles. The summed E-state index contributed by atoms with van der Waals surface area (Å²) in [6.45, 7) is 3.68. The van der Waals surface area contributed by atoms with Gasteiger partial charge in [0, 0.05) is 0 Å². The number of carbonyl (C=O) groups is 4. The fourth-order valence-electron chi connectivity index (χ4n) is 0.700. The van der Waals surface area contributed by atoms with Crippen molar-refractivity contribution in [2.24, 2.45) is 0 Å². The van der Waals surface area contributed by atoms with E-state index in [1.54, 1.807) is 13.8 Å². The first-order valence-corrected chi connectivity index (χ1v) is 5.22. The highest BCUT2D eigenvalue weighted by Crippen LogP contribution is 1.97. The third kappa shape index (κ3) is 12.1. The van der Waals surface area contributed by atoms with Crippen LogP contribution in [0.1, 0.15) is 20.3 Å².